The highest BCUT2D eigenvalue weighted by Crippen LogP contribution is 2.39. The summed E-state index contributed by atoms with van der Waals surface area (Å²) in [5, 5.41) is 4.98. The first-order valence-corrected chi connectivity index (χ1v) is 7.60. The summed E-state index contributed by atoms with van der Waals surface area (Å²) in [5.41, 5.74) is 10.3. The van der Waals surface area contributed by atoms with Crippen molar-refractivity contribution in [2.45, 2.75) is 32.2 Å². The summed E-state index contributed by atoms with van der Waals surface area (Å²) in [6, 6.07) is 9.32. The Morgan fingerprint density at radius 2 is 2.10 bits per heavy atom. The second kappa shape index (κ2) is 5.23. The van der Waals surface area contributed by atoms with E-state index in [0.29, 0.717) is 17.9 Å². The van der Waals surface area contributed by atoms with Crippen LogP contribution in [0.2, 0.25) is 0 Å². The van der Waals surface area contributed by atoms with E-state index in [4.69, 9.17) is 5.73 Å². The summed E-state index contributed by atoms with van der Waals surface area (Å²) in [4.78, 5) is 0. The minimum absolute atomic E-state index is 0.538. The Bertz CT molecular complexity index is 614. The molecular weight excluding hydrogens is 246 g/mol. The summed E-state index contributed by atoms with van der Waals surface area (Å²) in [5.74, 6) is 1.11. The van der Waals surface area contributed by atoms with E-state index < -0.39 is 0 Å². The van der Waals surface area contributed by atoms with E-state index in [2.05, 4.69) is 55.0 Å². The summed E-state index contributed by atoms with van der Waals surface area (Å²) in [7, 11) is 2.17. The molecule has 2 heterocycles. The second-order valence-corrected chi connectivity index (χ2v) is 6.22. The smallest absolute Gasteiger partial charge is 0.0482 e. The predicted molar refractivity (Wildman–Crippen MR) is 85.0 cm³/mol. The van der Waals surface area contributed by atoms with Gasteiger partial charge in [-0.15, -0.1) is 0 Å². The van der Waals surface area contributed by atoms with Gasteiger partial charge < -0.3 is 15.6 Å². The number of aromatic nitrogens is 1. The number of nitrogens with zero attached hydrogens (tertiary/aromatic N) is 1. The average Bonchev–Trinajstić information content (AvgIpc) is 2.71. The van der Waals surface area contributed by atoms with Crippen LogP contribution in [0.4, 0.5) is 0 Å². The lowest BCUT2D eigenvalue weighted by atomic mass is 9.77. The van der Waals surface area contributed by atoms with Gasteiger partial charge in [-0.25, -0.2) is 0 Å². The highest BCUT2D eigenvalue weighted by Gasteiger charge is 2.32. The fraction of sp³-hybridized carbons (Fsp3) is 0.529. The molecule has 3 N–H and O–H groups in total. The van der Waals surface area contributed by atoms with Crippen molar-refractivity contribution in [2.75, 3.05) is 13.1 Å². The van der Waals surface area contributed by atoms with Gasteiger partial charge >= 0.3 is 0 Å². The summed E-state index contributed by atoms with van der Waals surface area (Å²) in [6.07, 6.45) is 1.18. The van der Waals surface area contributed by atoms with Gasteiger partial charge in [0.05, 0.1) is 0 Å². The molecule has 3 atom stereocenters. The standard InChI is InChI=1S/C17H25N3/c1-11-8-15(13(9-18)10-19-11)17-12(2)20(3)16-7-5-4-6-14(16)17/h4-7,11,13,15,19H,8-10,18H2,1-3H3. The molecular formula is C17H25N3. The Kier molecular flexibility index (Phi) is 3.57. The van der Waals surface area contributed by atoms with Crippen LogP contribution in [0.15, 0.2) is 24.3 Å². The van der Waals surface area contributed by atoms with E-state index in [9.17, 15) is 0 Å². The molecule has 0 bridgehead atoms. The normalized spacial score (nSPS) is 27.1. The maximum Gasteiger partial charge on any atom is 0.0482 e. The van der Waals surface area contributed by atoms with Crippen LogP contribution in [0.1, 0.15) is 30.5 Å². The zero-order valence-corrected chi connectivity index (χ0v) is 12.7. The van der Waals surface area contributed by atoms with E-state index >= 15 is 0 Å². The minimum atomic E-state index is 0.538. The number of benzene rings is 1. The topological polar surface area (TPSA) is 43.0 Å². The van der Waals surface area contributed by atoms with Crippen LogP contribution < -0.4 is 11.1 Å². The lowest BCUT2D eigenvalue weighted by Gasteiger charge is -2.35. The molecule has 3 nitrogen and oxygen atoms in total. The molecule has 0 amide bonds. The summed E-state index contributed by atoms with van der Waals surface area (Å²) >= 11 is 0. The van der Waals surface area contributed by atoms with Crippen LogP contribution in [-0.4, -0.2) is 23.7 Å². The minimum Gasteiger partial charge on any atom is -0.348 e. The fourth-order valence-corrected chi connectivity index (χ4v) is 3.77. The van der Waals surface area contributed by atoms with E-state index in [0.717, 1.165) is 13.1 Å². The van der Waals surface area contributed by atoms with E-state index in [1.165, 1.54) is 28.6 Å². The molecule has 1 aromatic heterocycles. The molecule has 1 aromatic carbocycles. The third-order valence-corrected chi connectivity index (χ3v) is 5.03. The highest BCUT2D eigenvalue weighted by atomic mass is 15.0. The Morgan fingerprint density at radius 1 is 1.35 bits per heavy atom. The first-order valence-electron chi connectivity index (χ1n) is 7.60. The number of rotatable bonds is 2. The second-order valence-electron chi connectivity index (χ2n) is 6.22. The van der Waals surface area contributed by atoms with Crippen molar-refractivity contribution in [1.29, 1.82) is 0 Å². The number of hydrogen-bond acceptors (Lipinski definition) is 2. The van der Waals surface area contributed by atoms with Crippen LogP contribution in [0.25, 0.3) is 10.9 Å². The van der Waals surface area contributed by atoms with E-state index in [-0.39, 0.29) is 0 Å². The Morgan fingerprint density at radius 3 is 2.85 bits per heavy atom. The van der Waals surface area contributed by atoms with Crippen molar-refractivity contribution in [1.82, 2.24) is 9.88 Å². The lowest BCUT2D eigenvalue weighted by Crippen LogP contribution is -2.44. The van der Waals surface area contributed by atoms with Crippen LogP contribution >= 0.6 is 0 Å². The molecule has 2 aromatic rings. The third kappa shape index (κ3) is 2.05. The van der Waals surface area contributed by atoms with E-state index in [1.807, 2.05) is 0 Å². The number of aryl methyl sites for hydroxylation is 1. The first kappa shape index (κ1) is 13.7. The Balaban J connectivity index is 2.15. The van der Waals surface area contributed by atoms with Gasteiger partial charge in [0.15, 0.2) is 0 Å². The van der Waals surface area contributed by atoms with Gasteiger partial charge in [0, 0.05) is 29.7 Å². The number of piperidine rings is 1. The largest absolute Gasteiger partial charge is 0.348 e. The van der Waals surface area contributed by atoms with Crippen molar-refractivity contribution >= 4 is 10.9 Å². The zero-order valence-electron chi connectivity index (χ0n) is 12.7. The van der Waals surface area contributed by atoms with Gasteiger partial charge in [0.25, 0.3) is 0 Å². The molecule has 0 spiro atoms. The van der Waals surface area contributed by atoms with Crippen LogP contribution in [0, 0.1) is 12.8 Å². The zero-order chi connectivity index (χ0) is 14.3. The molecule has 20 heavy (non-hydrogen) atoms. The maximum absolute atomic E-state index is 6.03. The molecule has 1 saturated heterocycles. The Hall–Kier alpha value is -1.32. The first-order chi connectivity index (χ1) is 9.63. The van der Waals surface area contributed by atoms with Gasteiger partial charge in [-0.05, 0) is 56.8 Å². The maximum atomic E-state index is 6.03. The molecule has 1 fully saturated rings. The number of nitrogens with two attached hydrogens (primary N) is 1. The highest BCUT2D eigenvalue weighted by molar-refractivity contribution is 5.86. The molecule has 3 rings (SSSR count). The molecule has 1 aliphatic rings. The van der Waals surface area contributed by atoms with Crippen molar-refractivity contribution < 1.29 is 0 Å². The third-order valence-electron chi connectivity index (χ3n) is 5.03. The molecule has 108 valence electrons. The van der Waals surface area contributed by atoms with Crippen LogP contribution in [0.3, 0.4) is 0 Å². The van der Waals surface area contributed by atoms with E-state index in [1.54, 1.807) is 0 Å². The SMILES string of the molecule is Cc1c(C2CC(C)NCC2CN)c2ccccc2n1C. The fourth-order valence-electron chi connectivity index (χ4n) is 3.77. The molecule has 0 saturated carbocycles. The van der Waals surface area contributed by atoms with Crippen molar-refractivity contribution in [3.8, 4) is 0 Å². The Labute approximate surface area is 121 Å². The number of para-hydroxylation sites is 1. The van der Waals surface area contributed by atoms with Crippen molar-refractivity contribution in [3.63, 3.8) is 0 Å². The van der Waals surface area contributed by atoms with Gasteiger partial charge in [-0.2, -0.15) is 0 Å². The lowest BCUT2D eigenvalue weighted by molar-refractivity contribution is 0.285. The molecule has 0 aliphatic carbocycles. The number of nitrogens with one attached hydrogen (secondary N) is 1. The van der Waals surface area contributed by atoms with Gasteiger partial charge in [0.2, 0.25) is 0 Å². The van der Waals surface area contributed by atoms with Gasteiger partial charge in [-0.3, -0.25) is 0 Å². The van der Waals surface area contributed by atoms with Gasteiger partial charge in [0.1, 0.15) is 0 Å². The molecule has 3 unspecified atom stereocenters. The monoisotopic (exact) mass is 271 g/mol. The summed E-state index contributed by atoms with van der Waals surface area (Å²) < 4.78 is 2.32. The summed E-state index contributed by atoms with van der Waals surface area (Å²) in [6.45, 7) is 6.31. The number of hydrogen-bond donors (Lipinski definition) is 2. The average molecular weight is 271 g/mol. The van der Waals surface area contributed by atoms with Crippen LogP contribution in [0.5, 0.6) is 0 Å². The number of fused-ring (bicyclic) bond motifs is 1. The quantitative estimate of drug-likeness (QED) is 0.881. The molecule has 0 radical (unpaired) electrons. The molecule has 1 aliphatic heterocycles. The molecule has 3 heteroatoms. The van der Waals surface area contributed by atoms with Crippen molar-refractivity contribution in [3.05, 3.63) is 35.5 Å². The van der Waals surface area contributed by atoms with Crippen molar-refractivity contribution in [2.24, 2.45) is 18.7 Å². The van der Waals surface area contributed by atoms with Gasteiger partial charge in [-0.1, -0.05) is 18.2 Å². The van der Waals surface area contributed by atoms with Crippen LogP contribution in [-0.2, 0) is 7.05 Å². The predicted octanol–water partition coefficient (Wildman–Crippen LogP) is 2.53.